The van der Waals surface area contributed by atoms with E-state index in [0.717, 1.165) is 5.56 Å². The summed E-state index contributed by atoms with van der Waals surface area (Å²) in [6.45, 7) is 0.244. The van der Waals surface area contributed by atoms with Crippen LogP contribution in [0.15, 0.2) is 42.5 Å². The molecular formula is C14H11Cl2NO3. The van der Waals surface area contributed by atoms with E-state index < -0.39 is 5.91 Å². The van der Waals surface area contributed by atoms with E-state index in [1.807, 2.05) is 0 Å². The number of amides is 1. The van der Waals surface area contributed by atoms with Crippen molar-refractivity contribution in [2.24, 2.45) is 0 Å². The van der Waals surface area contributed by atoms with E-state index in [9.17, 15) is 4.79 Å². The fraction of sp³-hybridized carbons (Fsp3) is 0.0714. The van der Waals surface area contributed by atoms with Crippen molar-refractivity contribution in [3.8, 4) is 5.75 Å². The maximum absolute atomic E-state index is 11.3. The average molecular weight is 312 g/mol. The summed E-state index contributed by atoms with van der Waals surface area (Å²) in [7, 11) is 0. The average Bonchev–Trinajstić information content (AvgIpc) is 2.46. The van der Waals surface area contributed by atoms with Crippen molar-refractivity contribution < 1.29 is 14.7 Å². The molecule has 0 saturated carbocycles. The van der Waals surface area contributed by atoms with E-state index in [1.54, 1.807) is 47.9 Å². The lowest BCUT2D eigenvalue weighted by Crippen LogP contribution is -2.18. The van der Waals surface area contributed by atoms with Gasteiger partial charge in [-0.15, -0.1) is 0 Å². The molecule has 0 heterocycles. The van der Waals surface area contributed by atoms with E-state index in [-0.39, 0.29) is 6.61 Å². The zero-order valence-corrected chi connectivity index (χ0v) is 11.8. The van der Waals surface area contributed by atoms with Crippen molar-refractivity contribution in [3.63, 3.8) is 0 Å². The summed E-state index contributed by atoms with van der Waals surface area (Å²) in [4.78, 5) is 11.3. The molecule has 104 valence electrons. The van der Waals surface area contributed by atoms with Gasteiger partial charge in [0, 0.05) is 10.6 Å². The fourth-order valence-electron chi connectivity index (χ4n) is 1.62. The Morgan fingerprint density at radius 3 is 2.70 bits per heavy atom. The fourth-order valence-corrected chi connectivity index (χ4v) is 2.08. The van der Waals surface area contributed by atoms with Crippen LogP contribution in [0.2, 0.25) is 10.0 Å². The first-order chi connectivity index (χ1) is 9.60. The molecule has 0 aliphatic rings. The Hall–Kier alpha value is -1.75. The minimum atomic E-state index is -0.573. The van der Waals surface area contributed by atoms with Gasteiger partial charge in [-0.2, -0.15) is 0 Å². The minimum Gasteiger partial charge on any atom is -0.487 e. The Morgan fingerprint density at radius 1 is 1.20 bits per heavy atom. The number of rotatable bonds is 4. The van der Waals surface area contributed by atoms with Crippen LogP contribution in [0, 0.1) is 0 Å². The van der Waals surface area contributed by atoms with Gasteiger partial charge in [0.05, 0.1) is 5.02 Å². The van der Waals surface area contributed by atoms with Crippen LogP contribution in [0.4, 0.5) is 0 Å². The number of nitrogens with one attached hydrogen (secondary N) is 1. The summed E-state index contributed by atoms with van der Waals surface area (Å²) in [5, 5.41) is 9.54. The van der Waals surface area contributed by atoms with Crippen molar-refractivity contribution in [1.82, 2.24) is 5.48 Å². The van der Waals surface area contributed by atoms with Gasteiger partial charge in [-0.3, -0.25) is 10.0 Å². The molecule has 0 fully saturated rings. The molecule has 2 aromatic carbocycles. The summed E-state index contributed by atoms with van der Waals surface area (Å²) < 4.78 is 5.56. The van der Waals surface area contributed by atoms with Gasteiger partial charge in [0.2, 0.25) is 0 Å². The smallest absolute Gasteiger partial charge is 0.274 e. The SMILES string of the molecule is O=C(NO)c1cccc(COc2ccc(Cl)cc2Cl)c1. The molecule has 0 spiro atoms. The van der Waals surface area contributed by atoms with Crippen LogP contribution in [0.1, 0.15) is 15.9 Å². The number of hydroxylamine groups is 1. The van der Waals surface area contributed by atoms with E-state index in [0.29, 0.717) is 21.4 Å². The number of ether oxygens (including phenoxy) is 1. The molecule has 6 heteroatoms. The van der Waals surface area contributed by atoms with Crippen LogP contribution in [0.25, 0.3) is 0 Å². The van der Waals surface area contributed by atoms with Crippen molar-refractivity contribution in [1.29, 1.82) is 0 Å². The van der Waals surface area contributed by atoms with Crippen molar-refractivity contribution in [3.05, 3.63) is 63.6 Å². The molecule has 2 aromatic rings. The summed E-state index contributed by atoms with van der Waals surface area (Å²) in [5.41, 5.74) is 2.70. The van der Waals surface area contributed by atoms with Crippen LogP contribution in [-0.2, 0) is 6.61 Å². The lowest BCUT2D eigenvalue weighted by Gasteiger charge is -2.09. The van der Waals surface area contributed by atoms with E-state index in [1.165, 1.54) is 0 Å². The zero-order valence-electron chi connectivity index (χ0n) is 10.3. The number of benzene rings is 2. The van der Waals surface area contributed by atoms with Gasteiger partial charge in [-0.25, -0.2) is 5.48 Å². The van der Waals surface area contributed by atoms with Gasteiger partial charge < -0.3 is 4.74 Å². The van der Waals surface area contributed by atoms with Gasteiger partial charge in [0.15, 0.2) is 0 Å². The summed E-state index contributed by atoms with van der Waals surface area (Å²) in [6.07, 6.45) is 0. The van der Waals surface area contributed by atoms with Crippen molar-refractivity contribution >= 4 is 29.1 Å². The second kappa shape index (κ2) is 6.61. The Labute approximate surface area is 125 Å². The van der Waals surface area contributed by atoms with Gasteiger partial charge in [-0.05, 0) is 35.9 Å². The summed E-state index contributed by atoms with van der Waals surface area (Å²) in [6, 6.07) is 11.7. The molecule has 1 amide bonds. The Kier molecular flexibility index (Phi) is 4.84. The van der Waals surface area contributed by atoms with Gasteiger partial charge in [0.25, 0.3) is 5.91 Å². The second-order valence-corrected chi connectivity index (χ2v) is 4.85. The lowest BCUT2D eigenvalue weighted by molar-refractivity contribution is 0.0706. The van der Waals surface area contributed by atoms with Gasteiger partial charge in [0.1, 0.15) is 12.4 Å². The summed E-state index contributed by atoms with van der Waals surface area (Å²) >= 11 is 11.8. The number of halogens is 2. The first kappa shape index (κ1) is 14.7. The Morgan fingerprint density at radius 2 is 2.00 bits per heavy atom. The predicted octanol–water partition coefficient (Wildman–Crippen LogP) is 3.69. The third-order valence-electron chi connectivity index (χ3n) is 2.58. The quantitative estimate of drug-likeness (QED) is 0.668. The molecule has 2 rings (SSSR count). The highest BCUT2D eigenvalue weighted by molar-refractivity contribution is 6.35. The first-order valence-electron chi connectivity index (χ1n) is 5.71. The van der Waals surface area contributed by atoms with Crippen LogP contribution in [0.5, 0.6) is 5.75 Å². The molecule has 0 bridgehead atoms. The molecule has 0 aliphatic heterocycles. The molecule has 4 nitrogen and oxygen atoms in total. The largest absolute Gasteiger partial charge is 0.487 e. The third-order valence-corrected chi connectivity index (χ3v) is 3.11. The maximum atomic E-state index is 11.3. The van der Waals surface area contributed by atoms with E-state index >= 15 is 0 Å². The first-order valence-corrected chi connectivity index (χ1v) is 6.47. The van der Waals surface area contributed by atoms with E-state index in [2.05, 4.69) is 0 Å². The van der Waals surface area contributed by atoms with Crippen LogP contribution in [-0.4, -0.2) is 11.1 Å². The van der Waals surface area contributed by atoms with Crippen LogP contribution >= 0.6 is 23.2 Å². The standard InChI is InChI=1S/C14H11Cl2NO3/c15-11-4-5-13(12(16)7-11)20-8-9-2-1-3-10(6-9)14(18)17-19/h1-7,19H,8H2,(H,17,18). The predicted molar refractivity (Wildman–Crippen MR) is 76.5 cm³/mol. The molecule has 20 heavy (non-hydrogen) atoms. The molecule has 0 unspecified atom stereocenters. The zero-order chi connectivity index (χ0) is 14.5. The van der Waals surface area contributed by atoms with Crippen LogP contribution < -0.4 is 10.2 Å². The van der Waals surface area contributed by atoms with Crippen LogP contribution in [0.3, 0.4) is 0 Å². The van der Waals surface area contributed by atoms with Crippen molar-refractivity contribution in [2.75, 3.05) is 0 Å². The molecule has 0 aliphatic carbocycles. The highest BCUT2D eigenvalue weighted by Gasteiger charge is 2.06. The minimum absolute atomic E-state index is 0.244. The maximum Gasteiger partial charge on any atom is 0.274 e. The third kappa shape index (κ3) is 3.63. The molecule has 0 atom stereocenters. The number of hydrogen-bond acceptors (Lipinski definition) is 3. The normalized spacial score (nSPS) is 10.2. The Balaban J connectivity index is 2.09. The van der Waals surface area contributed by atoms with E-state index in [4.69, 9.17) is 33.1 Å². The molecule has 0 saturated heterocycles. The molecular weight excluding hydrogens is 301 g/mol. The van der Waals surface area contributed by atoms with Crippen molar-refractivity contribution in [2.45, 2.75) is 6.61 Å². The topological polar surface area (TPSA) is 58.6 Å². The second-order valence-electron chi connectivity index (χ2n) is 4.00. The highest BCUT2D eigenvalue weighted by atomic mass is 35.5. The molecule has 0 aromatic heterocycles. The highest BCUT2D eigenvalue weighted by Crippen LogP contribution is 2.28. The monoisotopic (exact) mass is 311 g/mol. The Bertz CT molecular complexity index is 632. The molecule has 0 radical (unpaired) electrons. The number of carbonyl (C=O) groups is 1. The molecule has 2 N–H and O–H groups in total. The summed E-state index contributed by atoms with van der Waals surface area (Å²) in [5.74, 6) is -0.0653. The van der Waals surface area contributed by atoms with Gasteiger partial charge >= 0.3 is 0 Å². The van der Waals surface area contributed by atoms with Gasteiger partial charge in [-0.1, -0.05) is 35.3 Å². The number of hydrogen-bond donors (Lipinski definition) is 2. The lowest BCUT2D eigenvalue weighted by atomic mass is 10.1. The number of carbonyl (C=O) groups excluding carboxylic acids is 1.